The van der Waals surface area contributed by atoms with Crippen LogP contribution in [-0.4, -0.2) is 66.2 Å². The second kappa shape index (κ2) is 16.3. The molecule has 1 aliphatic heterocycles. The van der Waals surface area contributed by atoms with Crippen LogP contribution in [0.5, 0.6) is 0 Å². The number of benzene rings is 1. The van der Waals surface area contributed by atoms with Crippen molar-refractivity contribution in [1.29, 1.82) is 0 Å². The van der Waals surface area contributed by atoms with Crippen LogP contribution in [0, 0.1) is 11.8 Å². The van der Waals surface area contributed by atoms with Gasteiger partial charge in [0.05, 0.1) is 21.1 Å². The van der Waals surface area contributed by atoms with Crippen molar-refractivity contribution in [2.24, 2.45) is 11.8 Å². The van der Waals surface area contributed by atoms with Gasteiger partial charge >= 0.3 is 0 Å². The molecule has 2 heterocycles. The summed E-state index contributed by atoms with van der Waals surface area (Å²) in [5, 5.41) is 4.16. The fourth-order valence-corrected chi connectivity index (χ4v) is 6.53. The van der Waals surface area contributed by atoms with Crippen molar-refractivity contribution in [3.63, 3.8) is 0 Å². The lowest BCUT2D eigenvalue weighted by atomic mass is 9.87. The van der Waals surface area contributed by atoms with E-state index in [1.165, 1.54) is 5.56 Å². The van der Waals surface area contributed by atoms with Gasteiger partial charge in [0.2, 0.25) is 5.91 Å². The molecule has 0 aliphatic carbocycles. The van der Waals surface area contributed by atoms with Gasteiger partial charge in [0.1, 0.15) is 5.78 Å². The molecule has 0 radical (unpaired) electrons. The van der Waals surface area contributed by atoms with Crippen LogP contribution in [-0.2, 0) is 25.5 Å². The van der Waals surface area contributed by atoms with Crippen LogP contribution in [0.3, 0.4) is 0 Å². The Labute approximate surface area is 250 Å². The Morgan fingerprint density at radius 2 is 1.85 bits per heavy atom. The van der Waals surface area contributed by atoms with E-state index in [4.69, 9.17) is 9.72 Å². The van der Waals surface area contributed by atoms with E-state index in [9.17, 15) is 14.4 Å². The van der Waals surface area contributed by atoms with Gasteiger partial charge in [0, 0.05) is 57.1 Å². The number of aromatic nitrogens is 1. The summed E-state index contributed by atoms with van der Waals surface area (Å²) < 4.78 is 6.69. The number of hydrogen-bond acceptors (Lipinski definition) is 7. The van der Waals surface area contributed by atoms with E-state index < -0.39 is 5.92 Å². The molecule has 0 saturated carbocycles. The number of hydrogen-bond donors (Lipinski definition) is 1. The number of nitrogens with zero attached hydrogens (tertiary/aromatic N) is 2. The summed E-state index contributed by atoms with van der Waals surface area (Å²) in [6.45, 7) is 18.0. The molecule has 41 heavy (non-hydrogen) atoms. The highest BCUT2D eigenvalue weighted by atomic mass is 32.1. The third-order valence-electron chi connectivity index (χ3n) is 8.33. The summed E-state index contributed by atoms with van der Waals surface area (Å²) in [7, 11) is 0. The summed E-state index contributed by atoms with van der Waals surface area (Å²) in [4.78, 5) is 46.3. The van der Waals surface area contributed by atoms with Crippen molar-refractivity contribution in [2.45, 2.75) is 91.5 Å². The molecule has 0 bridgehead atoms. The highest BCUT2D eigenvalue weighted by Gasteiger charge is 2.30. The van der Waals surface area contributed by atoms with Crippen molar-refractivity contribution in [2.75, 3.05) is 32.8 Å². The second-order valence-corrected chi connectivity index (χ2v) is 12.7. The van der Waals surface area contributed by atoms with Crippen molar-refractivity contribution < 1.29 is 19.1 Å². The number of carbonyl (C=O) groups is 3. The van der Waals surface area contributed by atoms with Crippen LogP contribution < -0.4 is 5.32 Å². The maximum atomic E-state index is 13.8. The lowest BCUT2D eigenvalue weighted by Gasteiger charge is -2.32. The van der Waals surface area contributed by atoms with E-state index >= 15 is 0 Å². The van der Waals surface area contributed by atoms with E-state index in [2.05, 4.69) is 56.6 Å². The van der Waals surface area contributed by atoms with Crippen molar-refractivity contribution in [3.8, 4) is 0 Å². The first-order valence-electron chi connectivity index (χ1n) is 15.4. The van der Waals surface area contributed by atoms with Crippen LogP contribution >= 0.6 is 11.3 Å². The quantitative estimate of drug-likeness (QED) is 0.226. The molecule has 1 saturated heterocycles. The molecule has 1 N–H and O–H groups in total. The summed E-state index contributed by atoms with van der Waals surface area (Å²) in [5.74, 6) is 0.156. The Bertz CT molecular complexity index is 1180. The molecular weight excluding hydrogens is 534 g/mol. The van der Waals surface area contributed by atoms with E-state index in [1.54, 1.807) is 11.3 Å². The van der Waals surface area contributed by atoms with Crippen molar-refractivity contribution in [3.05, 3.63) is 40.9 Å². The summed E-state index contributed by atoms with van der Waals surface area (Å²) in [5.41, 5.74) is 2.81. The molecule has 226 valence electrons. The van der Waals surface area contributed by atoms with Crippen LogP contribution in [0.4, 0.5) is 0 Å². The van der Waals surface area contributed by atoms with Gasteiger partial charge < -0.3 is 10.1 Å². The zero-order valence-corrected chi connectivity index (χ0v) is 26.5. The molecule has 1 aliphatic rings. The van der Waals surface area contributed by atoms with Gasteiger partial charge in [0.15, 0.2) is 5.78 Å². The molecule has 1 aromatic heterocycles. The Morgan fingerprint density at radius 1 is 1.15 bits per heavy atom. The lowest BCUT2D eigenvalue weighted by molar-refractivity contribution is -0.130. The topological polar surface area (TPSA) is 88.6 Å². The third-order valence-corrected chi connectivity index (χ3v) is 9.37. The van der Waals surface area contributed by atoms with Gasteiger partial charge in [-0.15, -0.1) is 11.3 Å². The van der Waals surface area contributed by atoms with Gasteiger partial charge in [-0.25, -0.2) is 4.98 Å². The summed E-state index contributed by atoms with van der Waals surface area (Å²) >= 11 is 1.60. The predicted octanol–water partition coefficient (Wildman–Crippen LogP) is 6.11. The predicted molar refractivity (Wildman–Crippen MR) is 167 cm³/mol. The molecule has 0 unspecified atom stereocenters. The molecular formula is C33H49N3O4S. The lowest BCUT2D eigenvalue weighted by Crippen LogP contribution is -2.46. The minimum absolute atomic E-state index is 0.0520. The zero-order chi connectivity index (χ0) is 29.9. The Hall–Kier alpha value is -2.42. The highest BCUT2D eigenvalue weighted by Crippen LogP contribution is 2.29. The average molecular weight is 584 g/mol. The minimum Gasteiger partial charge on any atom is -0.381 e. The Morgan fingerprint density at radius 3 is 2.49 bits per heavy atom. The molecule has 1 fully saturated rings. The first-order chi connectivity index (χ1) is 19.6. The monoisotopic (exact) mass is 583 g/mol. The minimum atomic E-state index is -0.497. The largest absolute Gasteiger partial charge is 0.381 e. The number of likely N-dealkylation sites (N-methyl/N-ethyl adjacent to an activating group) is 1. The normalized spacial score (nSPS) is 15.8. The second-order valence-electron chi connectivity index (χ2n) is 11.6. The van der Waals surface area contributed by atoms with E-state index in [1.807, 2.05) is 13.0 Å². The molecule has 3 rings (SSSR count). The standard InChI is InChI=1S/C33H49N3O4S/c1-7-27(37)18-26(20-32-34-29-11-10-25(22(4)5)19-31(29)41-32)33(39)35-28(24-14-16-40-17-15-24)12-13-30(38)23(6)21-36(8-2)9-3/h10-11,19,22,24,26,28H,6-9,12-18,20-21H2,1-5H3,(H,35,39)/t26-,28+/m0/s1. The summed E-state index contributed by atoms with van der Waals surface area (Å²) in [6.07, 6.45) is 3.59. The van der Waals surface area contributed by atoms with Gasteiger partial charge in [-0.2, -0.15) is 0 Å². The number of thiazole rings is 1. The zero-order valence-electron chi connectivity index (χ0n) is 25.7. The number of fused-ring (bicyclic) bond motifs is 1. The fourth-order valence-electron chi connectivity index (χ4n) is 5.44. The molecule has 7 nitrogen and oxygen atoms in total. The van der Waals surface area contributed by atoms with Crippen molar-refractivity contribution >= 4 is 39.0 Å². The number of carbonyl (C=O) groups excluding carboxylic acids is 3. The fraction of sp³-hybridized carbons (Fsp3) is 0.636. The Kier molecular flexibility index (Phi) is 13.1. The molecule has 2 aromatic rings. The maximum Gasteiger partial charge on any atom is 0.224 e. The average Bonchev–Trinajstić information content (AvgIpc) is 3.39. The number of rotatable bonds is 17. The molecule has 1 aromatic carbocycles. The number of ether oxygens (including phenoxy) is 1. The molecule has 0 spiro atoms. The van der Waals surface area contributed by atoms with Gasteiger partial charge in [-0.05, 0) is 61.9 Å². The third kappa shape index (κ3) is 9.83. The number of nitrogens with one attached hydrogen (secondary N) is 1. The van der Waals surface area contributed by atoms with Crippen molar-refractivity contribution in [1.82, 2.24) is 15.2 Å². The SMILES string of the molecule is C=C(CN(CC)CC)C(=O)CC[C@@H](NC(=O)[C@@H](CC(=O)CC)Cc1nc2ccc(C(C)C)cc2s1)C1CCOCC1. The van der Waals surface area contributed by atoms with Crippen LogP contribution in [0.1, 0.15) is 89.6 Å². The highest BCUT2D eigenvalue weighted by molar-refractivity contribution is 7.18. The van der Waals surface area contributed by atoms with Gasteiger partial charge in [-0.3, -0.25) is 19.3 Å². The van der Waals surface area contributed by atoms with Gasteiger partial charge in [0.25, 0.3) is 0 Å². The number of Topliss-reactive ketones (excluding diaryl/α,β-unsaturated/α-hetero) is 2. The number of ketones is 2. The molecule has 2 atom stereocenters. The van der Waals surface area contributed by atoms with E-state index in [-0.39, 0.29) is 35.9 Å². The Balaban J connectivity index is 1.74. The van der Waals surface area contributed by atoms with E-state index in [0.717, 1.165) is 41.2 Å². The van der Waals surface area contributed by atoms with Crippen LogP contribution in [0.15, 0.2) is 30.4 Å². The first-order valence-corrected chi connectivity index (χ1v) is 16.2. The maximum absolute atomic E-state index is 13.8. The number of amides is 1. The first kappa shape index (κ1) is 33.1. The van der Waals surface area contributed by atoms with Gasteiger partial charge in [-0.1, -0.05) is 47.3 Å². The smallest absolute Gasteiger partial charge is 0.224 e. The molecule has 1 amide bonds. The van der Waals surface area contributed by atoms with E-state index in [0.29, 0.717) is 56.9 Å². The molecule has 8 heteroatoms. The van der Waals surface area contributed by atoms with Crippen LogP contribution in [0.25, 0.3) is 10.2 Å². The summed E-state index contributed by atoms with van der Waals surface area (Å²) in [6, 6.07) is 6.18. The van der Waals surface area contributed by atoms with Crippen LogP contribution in [0.2, 0.25) is 0 Å².